The van der Waals surface area contributed by atoms with E-state index in [0.29, 0.717) is 17.9 Å². The molecule has 98 valence electrons. The zero-order chi connectivity index (χ0) is 12.0. The molecule has 0 radical (unpaired) electrons. The topological polar surface area (TPSA) is 41.1 Å². The van der Waals surface area contributed by atoms with Crippen molar-refractivity contribution >= 4 is 18.3 Å². The Morgan fingerprint density at radius 3 is 2.33 bits per heavy atom. The van der Waals surface area contributed by atoms with Crippen LogP contribution in [-0.2, 0) is 0 Å². The fraction of sp³-hybridized carbons (Fsp3) is 0.500. The predicted octanol–water partition coefficient (Wildman–Crippen LogP) is 1.67. The van der Waals surface area contributed by atoms with Gasteiger partial charge in [0.2, 0.25) is 0 Å². The standard InChI is InChI=1S/C14H18N2O.ClH/c1-8-4-3-5-9(2)12(8)14(17)16-13-10-6-15-7-11(10)13;/h3-5,10-11,13,15H,6-7H2,1-2H3,(H,16,17);1H. The van der Waals surface area contributed by atoms with E-state index in [9.17, 15) is 4.79 Å². The molecule has 1 aliphatic heterocycles. The second-order valence-corrected chi connectivity index (χ2v) is 5.25. The Labute approximate surface area is 114 Å². The van der Waals surface area contributed by atoms with E-state index >= 15 is 0 Å². The lowest BCUT2D eigenvalue weighted by Crippen LogP contribution is -2.33. The molecule has 1 saturated heterocycles. The summed E-state index contributed by atoms with van der Waals surface area (Å²) in [6.45, 7) is 6.11. The van der Waals surface area contributed by atoms with E-state index in [-0.39, 0.29) is 18.3 Å². The van der Waals surface area contributed by atoms with Crippen LogP contribution in [0.1, 0.15) is 21.5 Å². The summed E-state index contributed by atoms with van der Waals surface area (Å²) in [6.07, 6.45) is 0. The fourth-order valence-electron chi connectivity index (χ4n) is 3.03. The maximum Gasteiger partial charge on any atom is 0.252 e. The van der Waals surface area contributed by atoms with Crippen molar-refractivity contribution in [2.24, 2.45) is 11.8 Å². The van der Waals surface area contributed by atoms with Crippen LogP contribution in [0, 0.1) is 25.7 Å². The molecule has 1 aromatic carbocycles. The molecule has 2 atom stereocenters. The Morgan fingerprint density at radius 2 is 1.78 bits per heavy atom. The van der Waals surface area contributed by atoms with Crippen LogP contribution in [0.3, 0.4) is 0 Å². The largest absolute Gasteiger partial charge is 0.349 e. The van der Waals surface area contributed by atoms with Crippen LogP contribution in [0.4, 0.5) is 0 Å². The van der Waals surface area contributed by atoms with Gasteiger partial charge >= 0.3 is 0 Å². The zero-order valence-corrected chi connectivity index (χ0v) is 11.5. The van der Waals surface area contributed by atoms with Crippen LogP contribution in [0.5, 0.6) is 0 Å². The SMILES string of the molecule is Cc1cccc(C)c1C(=O)NC1C2CNCC21.Cl. The number of hydrogen-bond donors (Lipinski definition) is 2. The van der Waals surface area contributed by atoms with E-state index < -0.39 is 0 Å². The third kappa shape index (κ3) is 2.13. The number of fused-ring (bicyclic) bond motifs is 1. The number of carbonyl (C=O) groups excluding carboxylic acids is 1. The van der Waals surface area contributed by atoms with Crippen LogP contribution < -0.4 is 10.6 Å². The number of piperidine rings is 1. The van der Waals surface area contributed by atoms with Gasteiger partial charge < -0.3 is 10.6 Å². The van der Waals surface area contributed by atoms with Gasteiger partial charge in [-0.05, 0) is 36.8 Å². The van der Waals surface area contributed by atoms with Gasteiger partial charge in [0.25, 0.3) is 5.91 Å². The number of halogens is 1. The Kier molecular flexibility index (Phi) is 3.64. The first-order chi connectivity index (χ1) is 8.18. The van der Waals surface area contributed by atoms with E-state index in [1.165, 1.54) is 0 Å². The molecule has 1 aromatic rings. The molecule has 1 saturated carbocycles. The molecule has 0 bridgehead atoms. The number of carbonyl (C=O) groups is 1. The first kappa shape index (κ1) is 13.4. The Bertz CT molecular complexity index is 445. The summed E-state index contributed by atoms with van der Waals surface area (Å²) in [5.41, 5.74) is 2.98. The second-order valence-electron chi connectivity index (χ2n) is 5.25. The molecule has 1 amide bonds. The van der Waals surface area contributed by atoms with Crippen LogP contribution in [-0.4, -0.2) is 25.0 Å². The number of hydrogen-bond acceptors (Lipinski definition) is 2. The normalized spacial score (nSPS) is 28.2. The van der Waals surface area contributed by atoms with Gasteiger partial charge in [0.1, 0.15) is 0 Å². The van der Waals surface area contributed by atoms with Gasteiger partial charge in [-0.3, -0.25) is 4.79 Å². The van der Waals surface area contributed by atoms with E-state index in [0.717, 1.165) is 29.8 Å². The molecule has 3 nitrogen and oxygen atoms in total. The van der Waals surface area contributed by atoms with E-state index in [1.807, 2.05) is 32.0 Å². The number of aryl methyl sites for hydroxylation is 2. The van der Waals surface area contributed by atoms with Gasteiger partial charge in [0.15, 0.2) is 0 Å². The third-order valence-corrected chi connectivity index (χ3v) is 4.10. The van der Waals surface area contributed by atoms with Gasteiger partial charge in [0.05, 0.1) is 0 Å². The quantitative estimate of drug-likeness (QED) is 0.855. The van der Waals surface area contributed by atoms with Crippen molar-refractivity contribution in [3.8, 4) is 0 Å². The lowest BCUT2D eigenvalue weighted by atomic mass is 10.0. The molecule has 2 aliphatic rings. The van der Waals surface area contributed by atoms with Crippen LogP contribution >= 0.6 is 12.4 Å². The molecular weight excluding hydrogens is 248 g/mol. The van der Waals surface area contributed by atoms with Crippen molar-refractivity contribution in [3.63, 3.8) is 0 Å². The minimum Gasteiger partial charge on any atom is -0.349 e. The highest BCUT2D eigenvalue weighted by atomic mass is 35.5. The summed E-state index contributed by atoms with van der Waals surface area (Å²) < 4.78 is 0. The molecule has 3 rings (SSSR count). The van der Waals surface area contributed by atoms with Crippen molar-refractivity contribution in [2.45, 2.75) is 19.9 Å². The molecule has 2 N–H and O–H groups in total. The van der Waals surface area contributed by atoms with Crippen molar-refractivity contribution < 1.29 is 4.79 Å². The molecule has 1 heterocycles. The first-order valence-electron chi connectivity index (χ1n) is 6.26. The van der Waals surface area contributed by atoms with Crippen molar-refractivity contribution in [1.82, 2.24) is 10.6 Å². The Balaban J connectivity index is 0.00000120. The average Bonchev–Trinajstić information content (AvgIpc) is 2.74. The molecular formula is C14H19ClN2O. The molecule has 4 heteroatoms. The Hall–Kier alpha value is -1.06. The van der Waals surface area contributed by atoms with E-state index in [2.05, 4.69) is 10.6 Å². The van der Waals surface area contributed by atoms with Crippen molar-refractivity contribution in [2.75, 3.05) is 13.1 Å². The molecule has 2 unspecified atom stereocenters. The van der Waals surface area contributed by atoms with Crippen LogP contribution in [0.15, 0.2) is 18.2 Å². The summed E-state index contributed by atoms with van der Waals surface area (Å²) in [4.78, 5) is 12.2. The van der Waals surface area contributed by atoms with Gasteiger partial charge in [-0.25, -0.2) is 0 Å². The average molecular weight is 267 g/mol. The number of amides is 1. The summed E-state index contributed by atoms with van der Waals surface area (Å²) in [5.74, 6) is 1.44. The van der Waals surface area contributed by atoms with Crippen molar-refractivity contribution in [3.05, 3.63) is 34.9 Å². The van der Waals surface area contributed by atoms with Gasteiger partial charge in [-0.2, -0.15) is 0 Å². The maximum atomic E-state index is 12.2. The van der Waals surface area contributed by atoms with Gasteiger partial charge in [-0.1, -0.05) is 18.2 Å². The molecule has 1 aliphatic carbocycles. The lowest BCUT2D eigenvalue weighted by Gasteiger charge is -2.11. The lowest BCUT2D eigenvalue weighted by molar-refractivity contribution is 0.0945. The molecule has 0 aromatic heterocycles. The van der Waals surface area contributed by atoms with Gasteiger partial charge in [0, 0.05) is 24.7 Å². The van der Waals surface area contributed by atoms with Crippen LogP contribution in [0.2, 0.25) is 0 Å². The maximum absolute atomic E-state index is 12.2. The highest BCUT2D eigenvalue weighted by Gasteiger charge is 2.53. The zero-order valence-electron chi connectivity index (χ0n) is 10.7. The van der Waals surface area contributed by atoms with Crippen LogP contribution in [0.25, 0.3) is 0 Å². The predicted molar refractivity (Wildman–Crippen MR) is 74.3 cm³/mol. The first-order valence-corrected chi connectivity index (χ1v) is 6.26. The van der Waals surface area contributed by atoms with Crippen molar-refractivity contribution in [1.29, 1.82) is 0 Å². The third-order valence-electron chi connectivity index (χ3n) is 4.10. The summed E-state index contributed by atoms with van der Waals surface area (Å²) in [7, 11) is 0. The smallest absolute Gasteiger partial charge is 0.252 e. The highest BCUT2D eigenvalue weighted by molar-refractivity contribution is 5.97. The second kappa shape index (κ2) is 4.90. The Morgan fingerprint density at radius 1 is 1.22 bits per heavy atom. The highest BCUT2D eigenvalue weighted by Crippen LogP contribution is 2.41. The molecule has 0 spiro atoms. The summed E-state index contributed by atoms with van der Waals surface area (Å²) >= 11 is 0. The number of benzene rings is 1. The summed E-state index contributed by atoms with van der Waals surface area (Å²) in [6, 6.07) is 6.40. The summed E-state index contributed by atoms with van der Waals surface area (Å²) in [5, 5.41) is 6.51. The van der Waals surface area contributed by atoms with E-state index in [1.54, 1.807) is 0 Å². The van der Waals surface area contributed by atoms with E-state index in [4.69, 9.17) is 0 Å². The molecule has 2 fully saturated rings. The van der Waals surface area contributed by atoms with Gasteiger partial charge in [-0.15, -0.1) is 12.4 Å². The minimum absolute atomic E-state index is 0. The monoisotopic (exact) mass is 266 g/mol. The number of nitrogens with one attached hydrogen (secondary N) is 2. The fourth-order valence-corrected chi connectivity index (χ4v) is 3.03. The number of rotatable bonds is 2. The minimum atomic E-state index is 0. The molecule has 18 heavy (non-hydrogen) atoms.